The minimum Gasteiger partial charge on any atom is -0.394 e. The van der Waals surface area contributed by atoms with Crippen LogP contribution < -0.4 is 0 Å². The molecule has 1 aliphatic heterocycles. The van der Waals surface area contributed by atoms with Gasteiger partial charge in [-0.25, -0.2) is 0 Å². The van der Waals surface area contributed by atoms with E-state index in [1.165, 1.54) is 89.5 Å². The van der Waals surface area contributed by atoms with Gasteiger partial charge in [0.15, 0.2) is 0 Å². The summed E-state index contributed by atoms with van der Waals surface area (Å²) >= 11 is 0. The van der Waals surface area contributed by atoms with E-state index in [-0.39, 0.29) is 18.3 Å². The van der Waals surface area contributed by atoms with Crippen LogP contribution in [-0.4, -0.2) is 23.4 Å². The molecule has 1 heterocycles. The number of aliphatic hydroxyl groups is 1. The fourth-order valence-corrected chi connectivity index (χ4v) is 5.93. The van der Waals surface area contributed by atoms with Crippen LogP contribution in [0.5, 0.6) is 0 Å². The molecule has 1 rings (SSSR count). The predicted molar refractivity (Wildman–Crippen MR) is 210 cm³/mol. The van der Waals surface area contributed by atoms with Crippen LogP contribution >= 0.6 is 0 Å². The first kappa shape index (κ1) is 42.9. The normalized spacial score (nSPS) is 20.2. The van der Waals surface area contributed by atoms with Crippen LogP contribution in [-0.2, 0) is 4.74 Å². The van der Waals surface area contributed by atoms with Crippen LogP contribution in [0.15, 0.2) is 93.2 Å². The van der Waals surface area contributed by atoms with Gasteiger partial charge in [-0.2, -0.15) is 0 Å². The molecule has 0 aromatic rings. The summed E-state index contributed by atoms with van der Waals surface area (Å²) in [4.78, 5) is 0. The maximum absolute atomic E-state index is 9.22. The molecule has 0 aromatic carbocycles. The van der Waals surface area contributed by atoms with Crippen LogP contribution in [0.2, 0.25) is 0 Å². The van der Waals surface area contributed by atoms with Gasteiger partial charge in [-0.15, -0.1) is 0 Å². The lowest BCUT2D eigenvalue weighted by Crippen LogP contribution is -2.11. The van der Waals surface area contributed by atoms with E-state index in [0.29, 0.717) is 0 Å². The van der Waals surface area contributed by atoms with Crippen molar-refractivity contribution in [2.75, 3.05) is 6.61 Å². The van der Waals surface area contributed by atoms with E-state index in [4.69, 9.17) is 4.74 Å². The maximum atomic E-state index is 9.22. The van der Waals surface area contributed by atoms with Gasteiger partial charge in [-0.05, 0) is 172 Å². The first-order valence-electron chi connectivity index (χ1n) is 18.9. The second-order valence-electron chi connectivity index (χ2n) is 15.0. The summed E-state index contributed by atoms with van der Waals surface area (Å²) in [5.41, 5.74) is 11.9. The van der Waals surface area contributed by atoms with Gasteiger partial charge in [0.25, 0.3) is 0 Å². The Morgan fingerprint density at radius 1 is 0.447 bits per heavy atom. The molecule has 1 N–H and O–H groups in total. The number of hydrogen-bond donors (Lipinski definition) is 1. The Kier molecular flexibility index (Phi) is 22.7. The minimum atomic E-state index is -0.0975. The molecule has 0 saturated carbocycles. The molecular weight excluding hydrogens is 572 g/mol. The topological polar surface area (TPSA) is 32.8 Å². The van der Waals surface area contributed by atoms with Crippen molar-refractivity contribution in [1.82, 2.24) is 0 Å². The Bertz CT molecular complexity index is 1140. The molecule has 1 aliphatic rings. The molecule has 2 heteroatoms. The van der Waals surface area contributed by atoms with Crippen molar-refractivity contribution in [3.63, 3.8) is 0 Å². The van der Waals surface area contributed by atoms with Crippen molar-refractivity contribution in [2.24, 2.45) is 0 Å². The van der Waals surface area contributed by atoms with E-state index in [0.717, 1.165) is 57.8 Å². The third kappa shape index (κ3) is 22.9. The first-order valence-corrected chi connectivity index (χ1v) is 18.9. The van der Waals surface area contributed by atoms with Crippen molar-refractivity contribution in [2.45, 2.75) is 184 Å². The first-order chi connectivity index (χ1) is 22.3. The summed E-state index contributed by atoms with van der Waals surface area (Å²) < 4.78 is 5.59. The number of rotatable bonds is 25. The molecule has 2 nitrogen and oxygen atoms in total. The summed E-state index contributed by atoms with van der Waals surface area (Å²) in [6.07, 6.45) is 37.6. The highest BCUT2D eigenvalue weighted by atomic mass is 16.6. The number of allylic oxidation sites excluding steroid dienone is 16. The lowest BCUT2D eigenvalue weighted by Gasteiger charge is -2.05. The van der Waals surface area contributed by atoms with E-state index in [2.05, 4.69) is 118 Å². The average molecular weight is 647 g/mol. The molecule has 0 aromatic heterocycles. The van der Waals surface area contributed by atoms with Crippen molar-refractivity contribution in [1.29, 1.82) is 0 Å². The Morgan fingerprint density at radius 3 is 0.936 bits per heavy atom. The van der Waals surface area contributed by atoms with Crippen LogP contribution in [0.4, 0.5) is 0 Å². The number of hydrogen-bond acceptors (Lipinski definition) is 2. The third-order valence-electron chi connectivity index (χ3n) is 9.61. The van der Waals surface area contributed by atoms with Gasteiger partial charge in [0.2, 0.25) is 0 Å². The van der Waals surface area contributed by atoms with Gasteiger partial charge in [-0.1, -0.05) is 93.2 Å². The lowest BCUT2D eigenvalue weighted by molar-refractivity contribution is 0.235. The zero-order valence-electron chi connectivity index (χ0n) is 32.6. The quantitative estimate of drug-likeness (QED) is 0.0791. The summed E-state index contributed by atoms with van der Waals surface area (Å²) in [6.45, 7) is 22.6. The van der Waals surface area contributed by atoms with Crippen molar-refractivity contribution >= 4 is 0 Å². The smallest absolute Gasteiger partial charge is 0.110 e. The minimum absolute atomic E-state index is 0.0469. The Balaban J connectivity index is 2.19. The van der Waals surface area contributed by atoms with Crippen molar-refractivity contribution in [3.05, 3.63) is 93.2 Å². The molecular formula is C45H74O2. The molecule has 0 bridgehead atoms. The van der Waals surface area contributed by atoms with Crippen molar-refractivity contribution < 1.29 is 9.84 Å². The van der Waals surface area contributed by atoms with Gasteiger partial charge >= 0.3 is 0 Å². The average Bonchev–Trinajstić information content (AvgIpc) is 3.66. The fourth-order valence-electron chi connectivity index (χ4n) is 5.93. The molecule has 0 amide bonds. The number of epoxide rings is 1. The second-order valence-corrected chi connectivity index (χ2v) is 15.0. The Hall–Kier alpha value is -2.16. The highest BCUT2D eigenvalue weighted by Gasteiger charge is 2.50. The molecule has 1 saturated heterocycles. The van der Waals surface area contributed by atoms with Crippen LogP contribution in [0.3, 0.4) is 0 Å². The van der Waals surface area contributed by atoms with E-state index >= 15 is 0 Å². The van der Waals surface area contributed by atoms with Crippen LogP contribution in [0, 0.1) is 0 Å². The maximum Gasteiger partial charge on any atom is 0.110 e. The summed E-state index contributed by atoms with van der Waals surface area (Å²) in [7, 11) is 0. The van der Waals surface area contributed by atoms with E-state index < -0.39 is 0 Å². The molecule has 2 unspecified atom stereocenters. The van der Waals surface area contributed by atoms with Gasteiger partial charge in [-0.3, -0.25) is 0 Å². The molecule has 0 aliphatic carbocycles. The zero-order chi connectivity index (χ0) is 35.1. The second kappa shape index (κ2) is 24.9. The Labute approximate surface area is 292 Å². The van der Waals surface area contributed by atoms with Crippen molar-refractivity contribution in [3.8, 4) is 0 Å². The molecule has 266 valence electrons. The van der Waals surface area contributed by atoms with E-state index in [1.807, 2.05) is 0 Å². The monoisotopic (exact) mass is 647 g/mol. The summed E-state index contributed by atoms with van der Waals surface area (Å²) in [5, 5.41) is 9.22. The molecule has 2 atom stereocenters. The number of ether oxygens (including phenoxy) is 1. The van der Waals surface area contributed by atoms with E-state index in [9.17, 15) is 5.11 Å². The highest BCUT2D eigenvalue weighted by molar-refractivity contribution is 5.10. The van der Waals surface area contributed by atoms with Gasteiger partial charge in [0.1, 0.15) is 6.10 Å². The van der Waals surface area contributed by atoms with Gasteiger partial charge in [0.05, 0.1) is 12.2 Å². The van der Waals surface area contributed by atoms with Gasteiger partial charge in [0, 0.05) is 0 Å². The fraction of sp³-hybridized carbons (Fsp3) is 0.644. The molecule has 1 fully saturated rings. The molecule has 0 radical (unpaired) electrons. The highest BCUT2D eigenvalue weighted by Crippen LogP contribution is 2.40. The standard InChI is InChI=1S/C45H74O2/c1-36(2)19-11-20-37(3)21-12-22-38(4)23-13-24-39(5)25-14-26-40(6)27-15-28-41(7)29-16-30-42(8)31-17-32-43(9)33-18-34-45(10)44(35-46)47-45/h19,21,23,25,27,29,31,33,44,46H,11-18,20,22,24,26,28,30,32,34-35H2,1-10H3. The third-order valence-corrected chi connectivity index (χ3v) is 9.61. The predicted octanol–water partition coefficient (Wildman–Crippen LogP) is 14.0. The summed E-state index contributed by atoms with van der Waals surface area (Å²) in [6, 6.07) is 0. The lowest BCUT2D eigenvalue weighted by atomic mass is 10.00. The molecule has 47 heavy (non-hydrogen) atoms. The largest absolute Gasteiger partial charge is 0.394 e. The number of aliphatic hydroxyl groups excluding tert-OH is 1. The van der Waals surface area contributed by atoms with E-state index in [1.54, 1.807) is 0 Å². The SMILES string of the molecule is CC(C)=CCCC(C)=CCCC(C)=CCCC(C)=CCCC(C)=CCCC(C)=CCCC(C)=CCCC(C)=CCCC1(C)OC1CO. The molecule has 0 spiro atoms. The zero-order valence-corrected chi connectivity index (χ0v) is 32.6. The van der Waals surface area contributed by atoms with Crippen LogP contribution in [0.25, 0.3) is 0 Å². The summed E-state index contributed by atoms with van der Waals surface area (Å²) in [5.74, 6) is 0. The van der Waals surface area contributed by atoms with Gasteiger partial charge < -0.3 is 9.84 Å². The Morgan fingerprint density at radius 2 is 0.702 bits per heavy atom. The van der Waals surface area contributed by atoms with Crippen LogP contribution in [0.1, 0.15) is 172 Å².